The second-order valence-electron chi connectivity index (χ2n) is 3.18. The summed E-state index contributed by atoms with van der Waals surface area (Å²) < 4.78 is 10.1. The molecule has 17 heavy (non-hydrogen) atoms. The van der Waals surface area contributed by atoms with E-state index in [1.54, 1.807) is 17.5 Å². The van der Waals surface area contributed by atoms with E-state index in [1.165, 1.54) is 18.4 Å². The summed E-state index contributed by atoms with van der Waals surface area (Å²) in [7, 11) is 1.23. The van der Waals surface area contributed by atoms with Crippen LogP contribution < -0.4 is 5.76 Å². The summed E-state index contributed by atoms with van der Waals surface area (Å²) in [6.45, 7) is 0. The zero-order valence-electron chi connectivity index (χ0n) is 8.82. The Balaban J connectivity index is 2.52. The standard InChI is InChI=1S/C10H9NO5S/c1-15-9(13)8(6-3-2-4-17-6)11-5-7(12)16-10(11)14/h2-5,8,12H,1H3. The van der Waals surface area contributed by atoms with Crippen LogP contribution in [0.25, 0.3) is 0 Å². The molecule has 0 amide bonds. The Morgan fingerprint density at radius 2 is 2.41 bits per heavy atom. The minimum atomic E-state index is -0.933. The number of ether oxygens (including phenoxy) is 1. The third-order valence-corrected chi connectivity index (χ3v) is 3.09. The van der Waals surface area contributed by atoms with Crippen molar-refractivity contribution in [3.05, 3.63) is 39.1 Å². The lowest BCUT2D eigenvalue weighted by molar-refractivity contribution is -0.143. The Morgan fingerprint density at radius 3 is 2.88 bits per heavy atom. The smallest absolute Gasteiger partial charge is 0.423 e. The number of carbonyl (C=O) groups excluding carboxylic acids is 1. The van der Waals surface area contributed by atoms with E-state index in [4.69, 9.17) is 5.11 Å². The quantitative estimate of drug-likeness (QED) is 0.826. The van der Waals surface area contributed by atoms with Gasteiger partial charge in [-0.3, -0.25) is 4.57 Å². The van der Waals surface area contributed by atoms with Crippen molar-refractivity contribution in [1.82, 2.24) is 4.57 Å². The second-order valence-corrected chi connectivity index (χ2v) is 4.16. The number of hydrogen-bond donors (Lipinski definition) is 1. The van der Waals surface area contributed by atoms with Crippen LogP contribution in [0.4, 0.5) is 0 Å². The largest absolute Gasteiger partial charge is 0.480 e. The van der Waals surface area contributed by atoms with Gasteiger partial charge in [-0.15, -0.1) is 11.3 Å². The fourth-order valence-electron chi connectivity index (χ4n) is 1.45. The number of esters is 1. The van der Waals surface area contributed by atoms with Crippen LogP contribution >= 0.6 is 11.3 Å². The van der Waals surface area contributed by atoms with Crippen LogP contribution in [-0.4, -0.2) is 22.8 Å². The summed E-state index contributed by atoms with van der Waals surface area (Å²) in [6, 6.07) is 2.51. The highest BCUT2D eigenvalue weighted by molar-refractivity contribution is 7.10. The number of aromatic hydroxyl groups is 1. The van der Waals surface area contributed by atoms with Crippen LogP contribution in [0, 0.1) is 0 Å². The molecule has 2 rings (SSSR count). The van der Waals surface area contributed by atoms with Gasteiger partial charge in [-0.1, -0.05) is 6.07 Å². The highest BCUT2D eigenvalue weighted by Crippen LogP contribution is 2.24. The van der Waals surface area contributed by atoms with Crippen LogP contribution in [0.3, 0.4) is 0 Å². The van der Waals surface area contributed by atoms with E-state index in [1.807, 2.05) is 0 Å². The maximum atomic E-state index is 11.7. The Hall–Kier alpha value is -2.02. The van der Waals surface area contributed by atoms with Crippen molar-refractivity contribution < 1.29 is 19.1 Å². The third-order valence-electron chi connectivity index (χ3n) is 2.17. The first-order valence-electron chi connectivity index (χ1n) is 4.65. The summed E-state index contributed by atoms with van der Waals surface area (Å²) in [6.07, 6.45) is 1.06. The summed E-state index contributed by atoms with van der Waals surface area (Å²) in [5.41, 5.74) is 0. The SMILES string of the molecule is COC(=O)C(c1cccs1)n1cc(O)oc1=O. The van der Waals surface area contributed by atoms with Gasteiger partial charge in [-0.25, -0.2) is 9.59 Å². The number of rotatable bonds is 3. The van der Waals surface area contributed by atoms with E-state index in [2.05, 4.69) is 9.15 Å². The maximum Gasteiger partial charge on any atom is 0.423 e. The first-order valence-corrected chi connectivity index (χ1v) is 5.53. The molecule has 2 aromatic heterocycles. The highest BCUT2D eigenvalue weighted by atomic mass is 32.1. The maximum absolute atomic E-state index is 11.7. The van der Waals surface area contributed by atoms with Crippen LogP contribution in [0.5, 0.6) is 5.95 Å². The fourth-order valence-corrected chi connectivity index (χ4v) is 2.26. The average Bonchev–Trinajstić information content (AvgIpc) is 2.90. The molecule has 0 aliphatic heterocycles. The van der Waals surface area contributed by atoms with Crippen molar-refractivity contribution in [1.29, 1.82) is 0 Å². The van der Waals surface area contributed by atoms with Gasteiger partial charge >= 0.3 is 17.7 Å². The summed E-state index contributed by atoms with van der Waals surface area (Å²) in [4.78, 5) is 23.7. The van der Waals surface area contributed by atoms with Gasteiger partial charge in [0.05, 0.1) is 13.3 Å². The number of hydrogen-bond acceptors (Lipinski definition) is 6. The van der Waals surface area contributed by atoms with Gasteiger partial charge in [0.2, 0.25) is 0 Å². The first-order chi connectivity index (χ1) is 8.13. The van der Waals surface area contributed by atoms with Gasteiger partial charge in [0.15, 0.2) is 6.04 Å². The molecule has 0 aliphatic carbocycles. The molecule has 0 aliphatic rings. The van der Waals surface area contributed by atoms with E-state index in [9.17, 15) is 9.59 Å². The highest BCUT2D eigenvalue weighted by Gasteiger charge is 2.27. The van der Waals surface area contributed by atoms with Crippen molar-refractivity contribution in [2.24, 2.45) is 0 Å². The minimum Gasteiger partial charge on any atom is -0.480 e. The first kappa shape index (κ1) is 11.5. The molecule has 7 heteroatoms. The van der Waals surface area contributed by atoms with Crippen LogP contribution in [0.2, 0.25) is 0 Å². The van der Waals surface area contributed by atoms with Gasteiger partial charge in [0, 0.05) is 4.88 Å². The molecule has 1 atom stereocenters. The lowest BCUT2D eigenvalue weighted by atomic mass is 10.2. The van der Waals surface area contributed by atoms with E-state index >= 15 is 0 Å². The van der Waals surface area contributed by atoms with Gasteiger partial charge in [0.25, 0.3) is 0 Å². The van der Waals surface area contributed by atoms with Gasteiger partial charge < -0.3 is 14.3 Å². The molecule has 0 aromatic carbocycles. The van der Waals surface area contributed by atoms with Crippen molar-refractivity contribution >= 4 is 17.3 Å². The van der Waals surface area contributed by atoms with Gasteiger partial charge in [-0.05, 0) is 11.4 Å². The topological polar surface area (TPSA) is 81.7 Å². The molecule has 0 spiro atoms. The molecule has 2 heterocycles. The normalized spacial score (nSPS) is 12.3. The number of nitrogens with zero attached hydrogens (tertiary/aromatic N) is 1. The monoisotopic (exact) mass is 255 g/mol. The Kier molecular flexibility index (Phi) is 3.01. The fraction of sp³-hybridized carbons (Fsp3) is 0.200. The van der Waals surface area contributed by atoms with Crippen LogP contribution in [0.15, 0.2) is 32.9 Å². The Morgan fingerprint density at radius 1 is 1.65 bits per heavy atom. The lowest BCUT2D eigenvalue weighted by Gasteiger charge is -2.12. The summed E-state index contributed by atoms with van der Waals surface area (Å²) >= 11 is 1.30. The molecule has 0 saturated heterocycles. The van der Waals surface area contributed by atoms with E-state index in [0.29, 0.717) is 4.88 Å². The average molecular weight is 255 g/mol. The summed E-state index contributed by atoms with van der Waals surface area (Å²) in [5, 5.41) is 10.9. The van der Waals surface area contributed by atoms with Crippen molar-refractivity contribution in [2.75, 3.05) is 7.11 Å². The molecule has 6 nitrogen and oxygen atoms in total. The number of thiophene rings is 1. The predicted molar refractivity (Wildman–Crippen MR) is 59.1 cm³/mol. The van der Waals surface area contributed by atoms with E-state index in [-0.39, 0.29) is 0 Å². The van der Waals surface area contributed by atoms with Gasteiger partial charge in [-0.2, -0.15) is 0 Å². The zero-order chi connectivity index (χ0) is 12.4. The molecular weight excluding hydrogens is 246 g/mol. The number of carbonyl (C=O) groups is 1. The molecule has 0 radical (unpaired) electrons. The van der Waals surface area contributed by atoms with Crippen LogP contribution in [-0.2, 0) is 9.53 Å². The predicted octanol–water partition coefficient (Wildman–Crippen LogP) is 0.971. The van der Waals surface area contributed by atoms with Crippen molar-refractivity contribution in [3.8, 4) is 5.95 Å². The van der Waals surface area contributed by atoms with E-state index < -0.39 is 23.7 Å². The second kappa shape index (κ2) is 4.46. The zero-order valence-corrected chi connectivity index (χ0v) is 9.64. The molecule has 0 fully saturated rings. The summed E-state index contributed by atoms with van der Waals surface area (Å²) in [5.74, 6) is -1.96. The lowest BCUT2D eigenvalue weighted by Crippen LogP contribution is -2.27. The number of methoxy groups -OCH3 is 1. The molecule has 2 aromatic rings. The molecule has 1 unspecified atom stereocenters. The minimum absolute atomic E-state index is 0.541. The molecule has 90 valence electrons. The molecule has 0 saturated carbocycles. The van der Waals surface area contributed by atoms with Crippen molar-refractivity contribution in [3.63, 3.8) is 0 Å². The number of aromatic nitrogens is 1. The number of oxazole rings is 1. The Bertz CT molecular complexity index is 568. The molecular formula is C10H9NO5S. The van der Waals surface area contributed by atoms with E-state index in [0.717, 1.165) is 10.8 Å². The molecule has 0 bridgehead atoms. The Labute approximate surface area is 99.7 Å². The van der Waals surface area contributed by atoms with Crippen molar-refractivity contribution in [2.45, 2.75) is 6.04 Å². The van der Waals surface area contributed by atoms with Gasteiger partial charge in [0.1, 0.15) is 0 Å². The third kappa shape index (κ3) is 2.09. The van der Waals surface area contributed by atoms with Crippen LogP contribution in [0.1, 0.15) is 10.9 Å². The molecule has 1 N–H and O–H groups in total.